The third-order valence-corrected chi connectivity index (χ3v) is 6.46. The molecule has 3 N–H and O–H groups in total. The zero-order valence-corrected chi connectivity index (χ0v) is 22.5. The predicted molar refractivity (Wildman–Crippen MR) is 138 cm³/mol. The van der Waals surface area contributed by atoms with Gasteiger partial charge in [0, 0.05) is 25.2 Å². The van der Waals surface area contributed by atoms with Crippen molar-refractivity contribution >= 4 is 29.1 Å². The molecule has 0 saturated carbocycles. The number of rotatable bonds is 5. The van der Waals surface area contributed by atoms with Crippen molar-refractivity contribution in [3.05, 3.63) is 40.8 Å². The number of halogens is 3. The summed E-state index contributed by atoms with van der Waals surface area (Å²) in [5, 5.41) is 3.60. The van der Waals surface area contributed by atoms with Crippen LogP contribution in [0.4, 0.5) is 29.6 Å². The zero-order chi connectivity index (χ0) is 27.8. The third-order valence-electron chi connectivity index (χ3n) is 5.49. The van der Waals surface area contributed by atoms with Crippen molar-refractivity contribution in [2.45, 2.75) is 58.6 Å². The van der Waals surface area contributed by atoms with Crippen LogP contribution in [0, 0.1) is 19.7 Å². The maximum absolute atomic E-state index is 14.5. The Hall–Kier alpha value is -3.61. The number of benzene rings is 1. The van der Waals surface area contributed by atoms with Gasteiger partial charge in [0.05, 0.1) is 29.0 Å². The average molecular weight is 551 g/mol. The Kier molecular flexibility index (Phi) is 7.42. The number of aromatic nitrogens is 3. The monoisotopic (exact) mass is 550 g/mol. The van der Waals surface area contributed by atoms with Crippen LogP contribution in [0.3, 0.4) is 0 Å². The average Bonchev–Trinajstić information content (AvgIpc) is 3.15. The molecule has 9 nitrogen and oxygen atoms in total. The van der Waals surface area contributed by atoms with Gasteiger partial charge in [0.2, 0.25) is 11.8 Å². The number of hydrogen-bond acceptors (Lipinski definition) is 9. The van der Waals surface area contributed by atoms with E-state index in [1.807, 2.05) is 0 Å². The van der Waals surface area contributed by atoms with Crippen molar-refractivity contribution < 1.29 is 27.4 Å². The summed E-state index contributed by atoms with van der Waals surface area (Å²) in [4.78, 5) is 27.0. The number of carbonyl (C=O) groups is 1. The largest absolute Gasteiger partial charge is 0.444 e. The molecule has 0 aliphatic carbocycles. The molecule has 0 spiro atoms. The molecule has 3 heterocycles. The number of thiazole rings is 1. The fraction of sp³-hybridized carbons (Fsp3) is 0.440. The second-order valence-electron chi connectivity index (χ2n) is 10.1. The van der Waals surface area contributed by atoms with E-state index in [9.17, 15) is 18.0 Å². The third kappa shape index (κ3) is 6.63. The number of piperidine rings is 1. The Morgan fingerprint density at radius 1 is 1.26 bits per heavy atom. The summed E-state index contributed by atoms with van der Waals surface area (Å²) in [6.07, 6.45) is 0.162. The second kappa shape index (κ2) is 10.3. The van der Waals surface area contributed by atoms with Crippen molar-refractivity contribution in [2.24, 2.45) is 0 Å². The number of alkyl halides is 2. The maximum atomic E-state index is 14.5. The van der Waals surface area contributed by atoms with E-state index in [-0.39, 0.29) is 29.8 Å². The lowest BCUT2D eigenvalue weighted by molar-refractivity contribution is -0.0723. The van der Waals surface area contributed by atoms with Gasteiger partial charge in [-0.05, 0) is 52.3 Å². The molecule has 0 radical (unpaired) electrons. The minimum atomic E-state index is -3.12. The van der Waals surface area contributed by atoms with Gasteiger partial charge in [-0.25, -0.2) is 32.9 Å². The van der Waals surface area contributed by atoms with Gasteiger partial charge in [-0.2, -0.15) is 0 Å². The van der Waals surface area contributed by atoms with E-state index in [1.54, 1.807) is 40.7 Å². The Morgan fingerprint density at radius 3 is 2.71 bits per heavy atom. The van der Waals surface area contributed by atoms with E-state index in [1.165, 1.54) is 29.7 Å². The summed E-state index contributed by atoms with van der Waals surface area (Å²) in [5.74, 6) is -3.17. The van der Waals surface area contributed by atoms with Crippen LogP contribution in [0.1, 0.15) is 37.8 Å². The molecule has 2 aromatic heterocycles. The maximum Gasteiger partial charge on any atom is 0.410 e. The molecular weight excluding hydrogens is 521 g/mol. The zero-order valence-electron chi connectivity index (χ0n) is 21.6. The quantitative estimate of drug-likeness (QED) is 0.384. The number of ether oxygens (including phenoxy) is 2. The summed E-state index contributed by atoms with van der Waals surface area (Å²) >= 11 is 1.30. The van der Waals surface area contributed by atoms with Crippen LogP contribution >= 0.6 is 11.3 Å². The van der Waals surface area contributed by atoms with Crippen LogP contribution in [-0.2, 0) is 4.74 Å². The topological polar surface area (TPSA) is 115 Å². The van der Waals surface area contributed by atoms with Gasteiger partial charge in [-0.3, -0.25) is 0 Å². The lowest BCUT2D eigenvalue weighted by Gasteiger charge is -2.38. The molecular formula is C25H29F3N6O3S. The summed E-state index contributed by atoms with van der Waals surface area (Å²) < 4.78 is 54.2. The van der Waals surface area contributed by atoms with Crippen molar-refractivity contribution in [1.29, 1.82) is 0 Å². The number of amides is 1. The van der Waals surface area contributed by atoms with Crippen LogP contribution in [0.15, 0.2) is 24.4 Å². The molecule has 0 bridgehead atoms. The van der Waals surface area contributed by atoms with Crippen molar-refractivity contribution in [3.8, 4) is 22.2 Å². The van der Waals surface area contributed by atoms with Crippen LogP contribution in [0.2, 0.25) is 0 Å². The van der Waals surface area contributed by atoms with Crippen LogP contribution in [0.25, 0.3) is 10.6 Å². The smallest absolute Gasteiger partial charge is 0.410 e. The molecule has 4 rings (SSSR count). The van der Waals surface area contributed by atoms with Gasteiger partial charge in [-0.15, -0.1) is 11.3 Å². The van der Waals surface area contributed by atoms with E-state index in [2.05, 4.69) is 20.3 Å². The van der Waals surface area contributed by atoms with Gasteiger partial charge < -0.3 is 25.4 Å². The Balaban J connectivity index is 1.55. The first kappa shape index (κ1) is 27.4. The van der Waals surface area contributed by atoms with E-state index in [0.717, 1.165) is 4.90 Å². The van der Waals surface area contributed by atoms with Crippen molar-refractivity contribution in [1.82, 2.24) is 19.9 Å². The standard InChI is InChI=1S/C25H29F3N6O3S/c1-13-8-17(29)16(26)9-19(13)36-21-20(38-14(2)31-21)18-6-7-30-22(33-18)32-15-10-25(27,28)12-34(11-15)23(35)37-24(3,4)5/h6-9,15H,10-12,29H2,1-5H3,(H,30,32,33)/t15-/m0/s1. The normalized spacial score (nSPS) is 17.3. The molecule has 38 heavy (non-hydrogen) atoms. The second-order valence-corrected chi connectivity index (χ2v) is 11.3. The van der Waals surface area contributed by atoms with Crippen molar-refractivity contribution in [3.63, 3.8) is 0 Å². The number of nitrogens with two attached hydrogens (primary N) is 1. The first-order chi connectivity index (χ1) is 17.7. The number of nitrogen functional groups attached to an aromatic ring is 1. The predicted octanol–water partition coefficient (Wildman–Crippen LogP) is 5.79. The van der Waals surface area contributed by atoms with Crippen LogP contribution in [0.5, 0.6) is 11.6 Å². The molecule has 1 aliphatic heterocycles. The number of aryl methyl sites for hydroxylation is 2. The molecule has 1 aliphatic rings. The van der Waals surface area contributed by atoms with E-state index in [0.29, 0.717) is 21.1 Å². The first-order valence-corrected chi connectivity index (χ1v) is 12.7. The number of hydrogen-bond donors (Lipinski definition) is 2. The first-order valence-electron chi connectivity index (χ1n) is 11.9. The molecule has 1 amide bonds. The molecule has 204 valence electrons. The molecule has 13 heteroatoms. The number of likely N-dealkylation sites (tertiary alicyclic amines) is 1. The van der Waals surface area contributed by atoms with Gasteiger partial charge in [0.25, 0.3) is 5.92 Å². The molecule has 1 aromatic carbocycles. The molecule has 1 fully saturated rings. The van der Waals surface area contributed by atoms with E-state index in [4.69, 9.17) is 15.2 Å². The Morgan fingerprint density at radius 2 is 2.00 bits per heavy atom. The minimum absolute atomic E-state index is 0.00586. The molecule has 3 aromatic rings. The highest BCUT2D eigenvalue weighted by Gasteiger charge is 2.43. The van der Waals surface area contributed by atoms with Gasteiger partial charge in [0.1, 0.15) is 22.0 Å². The van der Waals surface area contributed by atoms with E-state index < -0.39 is 42.4 Å². The van der Waals surface area contributed by atoms with Crippen molar-refractivity contribution in [2.75, 3.05) is 24.1 Å². The number of nitrogens with one attached hydrogen (secondary N) is 1. The van der Waals surface area contributed by atoms with Crippen LogP contribution in [-0.4, -0.2) is 56.6 Å². The number of anilines is 2. The summed E-state index contributed by atoms with van der Waals surface area (Å²) in [5.41, 5.74) is 5.88. The minimum Gasteiger partial charge on any atom is -0.444 e. The molecule has 1 saturated heterocycles. The van der Waals surface area contributed by atoms with Gasteiger partial charge in [0.15, 0.2) is 0 Å². The number of carbonyl (C=O) groups excluding carboxylic acids is 1. The highest BCUT2D eigenvalue weighted by Crippen LogP contribution is 2.39. The Bertz CT molecular complexity index is 1340. The fourth-order valence-corrected chi connectivity index (χ4v) is 4.75. The SMILES string of the molecule is Cc1nc(Oc2cc(F)c(N)cc2C)c(-c2ccnc(N[C@@H]3CN(C(=O)OC(C)(C)C)CC(F)(F)C3)n2)s1. The lowest BCUT2D eigenvalue weighted by atomic mass is 10.0. The lowest BCUT2D eigenvalue weighted by Crippen LogP contribution is -2.54. The van der Waals surface area contributed by atoms with Gasteiger partial charge in [-0.1, -0.05) is 0 Å². The van der Waals surface area contributed by atoms with Crippen LogP contribution < -0.4 is 15.8 Å². The molecule has 0 unspecified atom stereocenters. The summed E-state index contributed by atoms with van der Waals surface area (Å²) in [7, 11) is 0. The molecule has 1 atom stereocenters. The highest BCUT2D eigenvalue weighted by atomic mass is 32.1. The highest BCUT2D eigenvalue weighted by molar-refractivity contribution is 7.15. The summed E-state index contributed by atoms with van der Waals surface area (Å²) in [6.45, 7) is 7.80. The van der Waals surface area contributed by atoms with Gasteiger partial charge >= 0.3 is 6.09 Å². The fourth-order valence-electron chi connectivity index (χ4n) is 3.94. The number of nitrogens with zero attached hydrogens (tertiary/aromatic N) is 4. The summed E-state index contributed by atoms with van der Waals surface area (Å²) in [6, 6.07) is 3.47. The Labute approximate surface area is 222 Å². The van der Waals surface area contributed by atoms with E-state index >= 15 is 0 Å².